The van der Waals surface area contributed by atoms with E-state index in [1.54, 1.807) is 18.2 Å². The van der Waals surface area contributed by atoms with Crippen molar-refractivity contribution in [1.29, 1.82) is 0 Å². The molecule has 0 fully saturated rings. The average Bonchev–Trinajstić information content (AvgIpc) is 2.26. The van der Waals surface area contributed by atoms with Crippen molar-refractivity contribution in [2.75, 3.05) is 11.9 Å². The highest BCUT2D eigenvalue weighted by Gasteiger charge is 2.46. The third kappa shape index (κ3) is 1.27. The highest BCUT2D eigenvalue weighted by Crippen LogP contribution is 2.27. The molecule has 1 unspecified atom stereocenters. The summed E-state index contributed by atoms with van der Waals surface area (Å²) in [4.78, 5) is 34.3. The lowest BCUT2D eigenvalue weighted by Crippen LogP contribution is -2.50. The zero-order valence-electron chi connectivity index (χ0n) is 8.41. The Kier molecular flexibility index (Phi) is 2.19. The van der Waals surface area contributed by atoms with Gasteiger partial charge in [-0.2, -0.15) is 0 Å². The van der Waals surface area contributed by atoms with Crippen LogP contribution in [0.5, 0.6) is 0 Å². The number of Topliss-reactive ketones (excluding diaryl/α,β-unsaturated/α-hetero) is 1. The average molecular weight is 220 g/mol. The Morgan fingerprint density at radius 2 is 1.94 bits per heavy atom. The molecule has 6 nitrogen and oxygen atoms in total. The first kappa shape index (κ1) is 10.3. The zero-order valence-corrected chi connectivity index (χ0v) is 8.41. The summed E-state index contributed by atoms with van der Waals surface area (Å²) in [6, 6.07) is 4.54. The fraction of sp³-hybridized carbons (Fsp3) is 0.200. The molecule has 0 N–H and O–H groups in total. The highest BCUT2D eigenvalue weighted by molar-refractivity contribution is 6.23. The summed E-state index contributed by atoms with van der Waals surface area (Å²) < 4.78 is 0. The number of anilines is 1. The molecule has 16 heavy (non-hydrogen) atoms. The first-order valence-corrected chi connectivity index (χ1v) is 4.58. The number of hydrogen-bond donors (Lipinski definition) is 0. The van der Waals surface area contributed by atoms with Crippen LogP contribution in [-0.4, -0.2) is 29.7 Å². The number of carbonyl (C=O) groups excluding carboxylic acids is 2. The van der Waals surface area contributed by atoms with Crippen LogP contribution in [0.1, 0.15) is 10.4 Å². The van der Waals surface area contributed by atoms with E-state index in [0.717, 1.165) is 4.90 Å². The molecule has 0 bridgehead atoms. The monoisotopic (exact) mass is 220 g/mol. The van der Waals surface area contributed by atoms with Crippen molar-refractivity contribution in [3.05, 3.63) is 39.9 Å². The number of nitro groups is 1. The Morgan fingerprint density at radius 1 is 1.31 bits per heavy atom. The summed E-state index contributed by atoms with van der Waals surface area (Å²) in [5.41, 5.74) is 0.627. The summed E-state index contributed by atoms with van der Waals surface area (Å²) in [5.74, 6) is -1.54. The van der Waals surface area contributed by atoms with E-state index in [0.29, 0.717) is 5.69 Å². The van der Waals surface area contributed by atoms with E-state index < -0.39 is 22.7 Å². The van der Waals surface area contributed by atoms with Gasteiger partial charge in [0.1, 0.15) is 0 Å². The largest absolute Gasteiger partial charge is 0.351 e. The van der Waals surface area contributed by atoms with Gasteiger partial charge in [0, 0.05) is 17.5 Å². The number of ketones is 1. The fourth-order valence-corrected chi connectivity index (χ4v) is 1.72. The van der Waals surface area contributed by atoms with Crippen LogP contribution in [0.4, 0.5) is 5.69 Å². The minimum Gasteiger partial charge on any atom is -0.308 e. The molecule has 1 aliphatic heterocycles. The number of rotatable bonds is 1. The van der Waals surface area contributed by atoms with Gasteiger partial charge in [0.25, 0.3) is 0 Å². The molecule has 1 amide bonds. The van der Waals surface area contributed by atoms with Crippen molar-refractivity contribution in [3.8, 4) is 0 Å². The third-order valence-electron chi connectivity index (χ3n) is 2.55. The van der Waals surface area contributed by atoms with Crippen LogP contribution in [0.2, 0.25) is 0 Å². The maximum Gasteiger partial charge on any atom is 0.351 e. The van der Waals surface area contributed by atoms with Crippen molar-refractivity contribution >= 4 is 17.4 Å². The normalized spacial score (nSPS) is 19.6. The second kappa shape index (κ2) is 3.41. The molecule has 1 atom stereocenters. The van der Waals surface area contributed by atoms with Gasteiger partial charge in [0.2, 0.25) is 5.78 Å². The summed E-state index contributed by atoms with van der Waals surface area (Å²) >= 11 is 0. The smallest absolute Gasteiger partial charge is 0.308 e. The maximum absolute atomic E-state index is 11.7. The molecule has 0 aliphatic carbocycles. The van der Waals surface area contributed by atoms with Crippen LogP contribution < -0.4 is 4.90 Å². The maximum atomic E-state index is 11.7. The van der Waals surface area contributed by atoms with Crippen LogP contribution >= 0.6 is 0 Å². The summed E-state index contributed by atoms with van der Waals surface area (Å²) in [6.07, 6.45) is 0. The van der Waals surface area contributed by atoms with Gasteiger partial charge in [0.05, 0.1) is 5.69 Å². The molecular formula is C10H8N2O4. The van der Waals surface area contributed by atoms with E-state index >= 15 is 0 Å². The number of carbonyl (C=O) groups is 2. The molecule has 1 aromatic rings. The number of likely N-dealkylation sites (N-methyl/N-ethyl adjacent to an activating group) is 1. The molecule has 2 rings (SSSR count). The molecule has 1 heterocycles. The quantitative estimate of drug-likeness (QED) is 0.392. The van der Waals surface area contributed by atoms with Crippen LogP contribution in [-0.2, 0) is 4.79 Å². The van der Waals surface area contributed by atoms with Crippen molar-refractivity contribution in [2.24, 2.45) is 0 Å². The molecule has 6 heteroatoms. The van der Waals surface area contributed by atoms with Crippen molar-refractivity contribution in [3.63, 3.8) is 0 Å². The van der Waals surface area contributed by atoms with Gasteiger partial charge >= 0.3 is 11.9 Å². The van der Waals surface area contributed by atoms with Gasteiger partial charge in [-0.1, -0.05) is 12.1 Å². The van der Waals surface area contributed by atoms with Crippen molar-refractivity contribution < 1.29 is 14.5 Å². The van der Waals surface area contributed by atoms with E-state index in [1.165, 1.54) is 13.1 Å². The number of fused-ring (bicyclic) bond motifs is 1. The van der Waals surface area contributed by atoms with Gasteiger partial charge in [-0.3, -0.25) is 19.7 Å². The highest BCUT2D eigenvalue weighted by atomic mass is 16.6. The van der Waals surface area contributed by atoms with Gasteiger partial charge < -0.3 is 4.90 Å². The molecule has 0 radical (unpaired) electrons. The Labute approximate surface area is 90.6 Å². The number of hydrogen-bond acceptors (Lipinski definition) is 4. The molecule has 82 valence electrons. The Hall–Kier alpha value is -2.24. The fourth-order valence-electron chi connectivity index (χ4n) is 1.72. The molecule has 0 spiro atoms. The summed E-state index contributed by atoms with van der Waals surface area (Å²) in [5, 5.41) is 10.7. The number of para-hydroxylation sites is 1. The molecule has 1 aliphatic rings. The topological polar surface area (TPSA) is 80.5 Å². The molecule has 0 saturated heterocycles. The van der Waals surface area contributed by atoms with Crippen LogP contribution in [0.15, 0.2) is 24.3 Å². The zero-order chi connectivity index (χ0) is 11.9. The number of nitrogens with zero attached hydrogens (tertiary/aromatic N) is 2. The predicted octanol–water partition coefficient (Wildman–Crippen LogP) is 0.491. The first-order valence-electron chi connectivity index (χ1n) is 4.58. The van der Waals surface area contributed by atoms with Gasteiger partial charge in [-0.25, -0.2) is 0 Å². The minimum atomic E-state index is -1.81. The SMILES string of the molecule is CN1C(=O)C([N+](=O)[O-])C(=O)c2ccccc21. The van der Waals surface area contributed by atoms with E-state index in [1.807, 2.05) is 0 Å². The minimum absolute atomic E-state index is 0.214. The lowest BCUT2D eigenvalue weighted by molar-refractivity contribution is -0.491. The Balaban J connectivity index is 2.60. The summed E-state index contributed by atoms with van der Waals surface area (Å²) in [6.45, 7) is 0. The second-order valence-electron chi connectivity index (χ2n) is 3.47. The van der Waals surface area contributed by atoms with Crippen LogP contribution in [0.3, 0.4) is 0 Å². The number of benzene rings is 1. The third-order valence-corrected chi connectivity index (χ3v) is 2.55. The lowest BCUT2D eigenvalue weighted by Gasteiger charge is -2.25. The Bertz CT molecular complexity index is 497. The van der Waals surface area contributed by atoms with Gasteiger partial charge in [0.15, 0.2) is 0 Å². The lowest BCUT2D eigenvalue weighted by atomic mass is 9.96. The van der Waals surface area contributed by atoms with E-state index in [9.17, 15) is 19.7 Å². The van der Waals surface area contributed by atoms with Crippen molar-refractivity contribution in [1.82, 2.24) is 0 Å². The van der Waals surface area contributed by atoms with Crippen molar-refractivity contribution in [2.45, 2.75) is 6.04 Å². The molecular weight excluding hydrogens is 212 g/mol. The first-order chi connectivity index (χ1) is 7.54. The summed E-state index contributed by atoms with van der Waals surface area (Å²) in [7, 11) is 1.42. The van der Waals surface area contributed by atoms with E-state index in [2.05, 4.69) is 0 Å². The predicted molar refractivity (Wildman–Crippen MR) is 55.0 cm³/mol. The standard InChI is InChI=1S/C10H8N2O4/c1-11-7-5-3-2-4-6(7)9(13)8(10(11)14)12(15)16/h2-5,8H,1H3. The van der Waals surface area contributed by atoms with Gasteiger partial charge in [-0.15, -0.1) is 0 Å². The molecule has 0 saturated carbocycles. The number of amides is 1. The second-order valence-corrected chi connectivity index (χ2v) is 3.47. The Morgan fingerprint density at radius 3 is 2.56 bits per heavy atom. The van der Waals surface area contributed by atoms with E-state index in [-0.39, 0.29) is 5.56 Å². The van der Waals surface area contributed by atoms with Crippen LogP contribution in [0.25, 0.3) is 0 Å². The van der Waals surface area contributed by atoms with Gasteiger partial charge in [-0.05, 0) is 12.1 Å². The van der Waals surface area contributed by atoms with Crippen LogP contribution in [0, 0.1) is 10.1 Å². The molecule has 1 aromatic carbocycles. The van der Waals surface area contributed by atoms with E-state index in [4.69, 9.17) is 0 Å². The molecule has 0 aromatic heterocycles.